The lowest BCUT2D eigenvalue weighted by molar-refractivity contribution is 0.866. The van der Waals surface area contributed by atoms with Crippen molar-refractivity contribution in [3.8, 4) is 0 Å². The zero-order chi connectivity index (χ0) is 9.19. The molecule has 0 amide bonds. The summed E-state index contributed by atoms with van der Waals surface area (Å²) in [4.78, 5) is 0. The molecule has 0 spiro atoms. The van der Waals surface area contributed by atoms with Crippen LogP contribution in [0.15, 0.2) is 48.6 Å². The van der Waals surface area contributed by atoms with Crippen LogP contribution >= 0.6 is 0 Å². The summed E-state index contributed by atoms with van der Waals surface area (Å²) in [5.74, 6) is 0. The first-order valence-corrected chi connectivity index (χ1v) is 4.97. The summed E-state index contributed by atoms with van der Waals surface area (Å²) in [6, 6.07) is 0. The Labute approximate surface area is 81.4 Å². The monoisotopic (exact) mass is 173 g/mol. The predicted octanol–water partition coefficient (Wildman–Crippen LogP) is 3.99. The highest BCUT2D eigenvalue weighted by Gasteiger charge is 1.80. The van der Waals surface area contributed by atoms with E-state index in [4.69, 9.17) is 0 Å². The third-order valence-electron chi connectivity index (χ3n) is 1.90. The molecule has 0 atom stereocenters. The Hall–Kier alpha value is -1.04. The maximum Gasteiger partial charge on any atom is 0.00474 e. The summed E-state index contributed by atoms with van der Waals surface area (Å²) in [7, 11) is 0. The van der Waals surface area contributed by atoms with Crippen molar-refractivity contribution in [3.63, 3.8) is 0 Å². The maximum atomic E-state index is 2.27. The molecule has 0 bridgehead atoms. The zero-order valence-corrected chi connectivity index (χ0v) is 8.02. The molecule has 69 valence electrons. The van der Waals surface area contributed by atoms with Gasteiger partial charge in [0.2, 0.25) is 0 Å². The molecule has 0 N–H and O–H groups in total. The molecule has 13 heavy (non-hydrogen) atoms. The SMILES string of the molecule is [CH]1/C=C/C=C/CCC/C=C/C/C=C/1. The van der Waals surface area contributed by atoms with E-state index in [0.29, 0.717) is 0 Å². The number of hydrogen-bond donors (Lipinski definition) is 0. The summed E-state index contributed by atoms with van der Waals surface area (Å²) in [5, 5.41) is 0. The van der Waals surface area contributed by atoms with E-state index >= 15 is 0 Å². The topological polar surface area (TPSA) is 0 Å². The molecule has 1 rings (SSSR count). The van der Waals surface area contributed by atoms with Gasteiger partial charge in [-0.15, -0.1) is 0 Å². The number of hydrogen-bond acceptors (Lipinski definition) is 0. The van der Waals surface area contributed by atoms with Crippen LogP contribution in [0.4, 0.5) is 0 Å². The molecule has 0 heteroatoms. The molecule has 0 fully saturated rings. The molecule has 0 aromatic carbocycles. The lowest BCUT2D eigenvalue weighted by atomic mass is 10.2. The standard InChI is InChI=1S/C13H17/c1-2-4-6-8-10-12-13-11-9-7-5-3-1/h1-7,10,12H,8-9,11,13H2/b3-1+,6-4+,7-5+,12-10+. The first-order valence-electron chi connectivity index (χ1n) is 4.97. The Balaban J connectivity index is 2.38. The molecule has 0 aliphatic heterocycles. The molecule has 1 radical (unpaired) electrons. The quantitative estimate of drug-likeness (QED) is 0.486. The van der Waals surface area contributed by atoms with Crippen LogP contribution in [0.1, 0.15) is 25.7 Å². The molecule has 1 aliphatic carbocycles. The van der Waals surface area contributed by atoms with E-state index in [0.717, 1.165) is 6.42 Å². The van der Waals surface area contributed by atoms with Crippen LogP contribution in [-0.4, -0.2) is 0 Å². The second-order valence-corrected chi connectivity index (χ2v) is 3.07. The van der Waals surface area contributed by atoms with Crippen LogP contribution in [0, 0.1) is 6.42 Å². The second-order valence-electron chi connectivity index (χ2n) is 3.07. The smallest absolute Gasteiger partial charge is 0.00474 e. The van der Waals surface area contributed by atoms with Gasteiger partial charge >= 0.3 is 0 Å². The van der Waals surface area contributed by atoms with Gasteiger partial charge < -0.3 is 0 Å². The largest absolute Gasteiger partial charge is 0.0882 e. The van der Waals surface area contributed by atoms with Gasteiger partial charge in [0.25, 0.3) is 0 Å². The van der Waals surface area contributed by atoms with Gasteiger partial charge in [-0.05, 0) is 25.7 Å². The Morgan fingerprint density at radius 2 is 1.54 bits per heavy atom. The van der Waals surface area contributed by atoms with E-state index in [9.17, 15) is 0 Å². The summed E-state index contributed by atoms with van der Waals surface area (Å²) in [5.41, 5.74) is 0. The first kappa shape index (κ1) is 10.0. The average Bonchev–Trinajstić information content (AvgIpc) is 2.18. The van der Waals surface area contributed by atoms with Gasteiger partial charge in [0.15, 0.2) is 0 Å². The fourth-order valence-electron chi connectivity index (χ4n) is 1.17. The van der Waals surface area contributed by atoms with Gasteiger partial charge in [0.1, 0.15) is 0 Å². The number of rotatable bonds is 0. The summed E-state index contributed by atoms with van der Waals surface area (Å²) < 4.78 is 0. The number of allylic oxidation sites excluding steroid dienone is 8. The van der Waals surface area contributed by atoms with E-state index in [1.165, 1.54) is 19.3 Å². The van der Waals surface area contributed by atoms with Gasteiger partial charge in [-0.3, -0.25) is 0 Å². The van der Waals surface area contributed by atoms with Crippen LogP contribution in [0.25, 0.3) is 0 Å². The van der Waals surface area contributed by atoms with Crippen LogP contribution in [-0.2, 0) is 0 Å². The van der Waals surface area contributed by atoms with Crippen molar-refractivity contribution >= 4 is 0 Å². The molecule has 0 nitrogen and oxygen atoms in total. The highest BCUT2D eigenvalue weighted by atomic mass is 13.9. The lowest BCUT2D eigenvalue weighted by Crippen LogP contribution is -1.68. The molecule has 0 aromatic rings. The van der Waals surface area contributed by atoms with Crippen LogP contribution in [0.2, 0.25) is 0 Å². The fraction of sp³-hybridized carbons (Fsp3) is 0.308. The minimum absolute atomic E-state index is 1.05. The van der Waals surface area contributed by atoms with E-state index in [2.05, 4.69) is 55.0 Å². The van der Waals surface area contributed by atoms with Crippen molar-refractivity contribution in [1.82, 2.24) is 0 Å². The second kappa shape index (κ2) is 7.60. The highest BCUT2D eigenvalue weighted by molar-refractivity contribution is 5.14. The minimum atomic E-state index is 1.05. The Kier molecular flexibility index (Phi) is 5.87. The predicted molar refractivity (Wildman–Crippen MR) is 59.3 cm³/mol. The Morgan fingerprint density at radius 3 is 2.54 bits per heavy atom. The van der Waals surface area contributed by atoms with Crippen LogP contribution in [0.3, 0.4) is 0 Å². The van der Waals surface area contributed by atoms with Crippen molar-refractivity contribution in [2.45, 2.75) is 25.7 Å². The molecule has 0 aromatic heterocycles. The van der Waals surface area contributed by atoms with E-state index in [1.54, 1.807) is 0 Å². The van der Waals surface area contributed by atoms with Crippen molar-refractivity contribution in [2.75, 3.05) is 0 Å². The normalized spacial score (nSPS) is 28.9. The van der Waals surface area contributed by atoms with E-state index < -0.39 is 0 Å². The third-order valence-corrected chi connectivity index (χ3v) is 1.90. The van der Waals surface area contributed by atoms with Gasteiger partial charge in [-0.1, -0.05) is 48.6 Å². The summed E-state index contributed by atoms with van der Waals surface area (Å²) >= 11 is 0. The zero-order valence-electron chi connectivity index (χ0n) is 8.02. The lowest BCUT2D eigenvalue weighted by Gasteiger charge is -1.88. The average molecular weight is 173 g/mol. The first-order chi connectivity index (χ1) is 6.50. The van der Waals surface area contributed by atoms with Crippen LogP contribution in [0.5, 0.6) is 0 Å². The maximum absolute atomic E-state index is 2.27. The minimum Gasteiger partial charge on any atom is -0.0882 e. The van der Waals surface area contributed by atoms with Gasteiger partial charge in [-0.25, -0.2) is 0 Å². The Morgan fingerprint density at radius 1 is 0.615 bits per heavy atom. The molecule has 0 unspecified atom stereocenters. The molecular weight excluding hydrogens is 156 g/mol. The van der Waals surface area contributed by atoms with Crippen molar-refractivity contribution < 1.29 is 0 Å². The van der Waals surface area contributed by atoms with Crippen molar-refractivity contribution in [1.29, 1.82) is 0 Å². The molecule has 0 heterocycles. The van der Waals surface area contributed by atoms with Crippen LogP contribution < -0.4 is 0 Å². The van der Waals surface area contributed by atoms with Crippen molar-refractivity contribution in [2.24, 2.45) is 0 Å². The molecule has 0 saturated heterocycles. The fourth-order valence-corrected chi connectivity index (χ4v) is 1.17. The van der Waals surface area contributed by atoms with Gasteiger partial charge in [0, 0.05) is 6.42 Å². The van der Waals surface area contributed by atoms with Gasteiger partial charge in [-0.2, -0.15) is 0 Å². The van der Waals surface area contributed by atoms with E-state index in [-0.39, 0.29) is 0 Å². The van der Waals surface area contributed by atoms with E-state index in [1.807, 2.05) is 0 Å². The summed E-state index contributed by atoms with van der Waals surface area (Å²) in [6.45, 7) is 0. The van der Waals surface area contributed by atoms with Crippen molar-refractivity contribution in [3.05, 3.63) is 55.0 Å². The molecule has 0 saturated carbocycles. The third kappa shape index (κ3) is 6.15. The molecule has 1 aliphatic rings. The molecular formula is C13H17. The highest BCUT2D eigenvalue weighted by Crippen LogP contribution is 2.00. The summed E-state index contributed by atoms with van der Waals surface area (Å²) in [6.07, 6.45) is 24.0. The van der Waals surface area contributed by atoms with Gasteiger partial charge in [0.05, 0.1) is 0 Å². The Bertz CT molecular complexity index is 216.